The van der Waals surface area contributed by atoms with E-state index < -0.39 is 12.0 Å². The normalized spacial score (nSPS) is 20.9. The lowest BCUT2D eigenvalue weighted by molar-refractivity contribution is -0.144. The van der Waals surface area contributed by atoms with E-state index in [0.29, 0.717) is 66.1 Å². The van der Waals surface area contributed by atoms with Crippen molar-refractivity contribution in [3.63, 3.8) is 0 Å². The second kappa shape index (κ2) is 16.8. The first-order valence-corrected chi connectivity index (χ1v) is 19.3. The zero-order valence-electron chi connectivity index (χ0n) is 31.0. The van der Waals surface area contributed by atoms with E-state index in [4.69, 9.17) is 31.5 Å². The highest BCUT2D eigenvalue weighted by molar-refractivity contribution is 6.32. The largest absolute Gasteiger partial charge is 0.493 e. The van der Waals surface area contributed by atoms with Crippen molar-refractivity contribution in [2.45, 2.75) is 71.4 Å². The van der Waals surface area contributed by atoms with Gasteiger partial charge in [0.1, 0.15) is 42.6 Å². The third-order valence-corrected chi connectivity index (χ3v) is 11.6. The molecule has 3 atom stereocenters. The van der Waals surface area contributed by atoms with Gasteiger partial charge in [-0.3, -0.25) is 14.7 Å². The molecule has 54 heavy (non-hydrogen) atoms. The predicted octanol–water partition coefficient (Wildman–Crippen LogP) is 7.15. The molecule has 2 saturated heterocycles. The average molecular weight is 750 g/mol. The fourth-order valence-electron chi connectivity index (χ4n) is 8.07. The number of likely N-dealkylation sites (tertiary alicyclic amines) is 2. The van der Waals surface area contributed by atoms with Crippen molar-refractivity contribution in [1.29, 1.82) is 5.26 Å². The van der Waals surface area contributed by atoms with Crippen LogP contribution in [0.3, 0.4) is 0 Å². The number of pyridine rings is 1. The van der Waals surface area contributed by atoms with Crippen LogP contribution in [0.25, 0.3) is 11.1 Å². The summed E-state index contributed by atoms with van der Waals surface area (Å²) in [5.74, 6) is 2.46. The summed E-state index contributed by atoms with van der Waals surface area (Å²) in [6.07, 6.45) is 6.54. The summed E-state index contributed by atoms with van der Waals surface area (Å²) in [5, 5.41) is 19.7. The first-order valence-electron chi connectivity index (χ1n) is 18.9. The summed E-state index contributed by atoms with van der Waals surface area (Å²) in [7, 11) is 0. The molecule has 2 unspecified atom stereocenters. The van der Waals surface area contributed by atoms with Crippen molar-refractivity contribution in [3.05, 3.63) is 105 Å². The zero-order valence-corrected chi connectivity index (χ0v) is 31.7. The molecule has 0 spiro atoms. The van der Waals surface area contributed by atoms with Gasteiger partial charge in [-0.1, -0.05) is 48.4 Å². The fraction of sp³-hybridized carbons (Fsp3) is 0.419. The molecule has 1 aromatic heterocycles. The van der Waals surface area contributed by atoms with Gasteiger partial charge in [0.25, 0.3) is 0 Å². The molecule has 0 amide bonds. The Morgan fingerprint density at radius 2 is 1.70 bits per heavy atom. The SMILES string of the molecule is Cc1c(COc2cc(OCc3cncc(C#N)c3)c(CN3CCCC[C@H]3C(=O)O)cc2Cl)cccc1-c1cccc(OCCCN2CC3C(N)C3C2)c1C. The van der Waals surface area contributed by atoms with Gasteiger partial charge in [0.05, 0.1) is 17.2 Å². The lowest BCUT2D eigenvalue weighted by Gasteiger charge is -2.33. The van der Waals surface area contributed by atoms with Crippen molar-refractivity contribution in [1.82, 2.24) is 14.8 Å². The van der Waals surface area contributed by atoms with E-state index >= 15 is 0 Å². The Morgan fingerprint density at radius 1 is 0.944 bits per heavy atom. The lowest BCUT2D eigenvalue weighted by atomic mass is 9.93. The van der Waals surface area contributed by atoms with Crippen LogP contribution in [0, 0.1) is 37.0 Å². The number of hydrogen-bond donors (Lipinski definition) is 2. The van der Waals surface area contributed by atoms with Crippen molar-refractivity contribution >= 4 is 17.6 Å². The van der Waals surface area contributed by atoms with Gasteiger partial charge < -0.3 is 30.0 Å². The summed E-state index contributed by atoms with van der Waals surface area (Å²) in [6.45, 7) is 9.64. The Morgan fingerprint density at radius 3 is 2.48 bits per heavy atom. The van der Waals surface area contributed by atoms with Gasteiger partial charge in [-0.15, -0.1) is 0 Å². The number of hydrogen-bond acceptors (Lipinski definition) is 9. The fourth-order valence-corrected chi connectivity index (χ4v) is 8.31. The maximum atomic E-state index is 12.1. The van der Waals surface area contributed by atoms with Crippen LogP contribution in [0.15, 0.2) is 67.0 Å². The molecule has 0 bridgehead atoms. The van der Waals surface area contributed by atoms with Crippen molar-refractivity contribution in [2.24, 2.45) is 17.6 Å². The van der Waals surface area contributed by atoms with Crippen molar-refractivity contribution in [3.8, 4) is 34.4 Å². The number of piperidine rings is 2. The molecule has 11 heteroatoms. The Balaban J connectivity index is 1.05. The Hall–Kier alpha value is -4.66. The van der Waals surface area contributed by atoms with Crippen LogP contribution in [0.1, 0.15) is 59.1 Å². The molecule has 3 heterocycles. The number of ether oxygens (including phenoxy) is 3. The zero-order chi connectivity index (χ0) is 37.8. The summed E-state index contributed by atoms with van der Waals surface area (Å²) in [6, 6.07) is 19.7. The number of nitrogens with two attached hydrogens (primary N) is 1. The van der Waals surface area contributed by atoms with Crippen molar-refractivity contribution < 1.29 is 24.1 Å². The van der Waals surface area contributed by atoms with E-state index in [1.54, 1.807) is 18.3 Å². The summed E-state index contributed by atoms with van der Waals surface area (Å²) in [5.41, 5.74) is 13.5. The average Bonchev–Trinajstić information content (AvgIpc) is 3.54. The van der Waals surface area contributed by atoms with Gasteiger partial charge in [0, 0.05) is 61.8 Å². The Kier molecular flexibility index (Phi) is 11.7. The summed E-state index contributed by atoms with van der Waals surface area (Å²) in [4.78, 5) is 20.7. The second-order valence-corrected chi connectivity index (χ2v) is 15.3. The number of fused-ring (bicyclic) bond motifs is 1. The highest BCUT2D eigenvalue weighted by Gasteiger charge is 2.53. The summed E-state index contributed by atoms with van der Waals surface area (Å²) >= 11 is 6.87. The van der Waals surface area contributed by atoms with Crippen LogP contribution in [0.4, 0.5) is 0 Å². The molecule has 1 aliphatic carbocycles. The molecule has 3 aromatic carbocycles. The third kappa shape index (κ3) is 8.50. The lowest BCUT2D eigenvalue weighted by Crippen LogP contribution is -2.44. The first kappa shape index (κ1) is 37.6. The summed E-state index contributed by atoms with van der Waals surface area (Å²) < 4.78 is 19.0. The number of benzene rings is 3. The minimum absolute atomic E-state index is 0.163. The van der Waals surface area contributed by atoms with Crippen LogP contribution >= 0.6 is 11.6 Å². The molecule has 2 aliphatic heterocycles. The maximum absolute atomic E-state index is 12.1. The van der Waals surface area contributed by atoms with Crippen LogP contribution < -0.4 is 19.9 Å². The molecule has 4 aromatic rings. The molecule has 3 aliphatic rings. The van der Waals surface area contributed by atoms with Crippen molar-refractivity contribution in [2.75, 3.05) is 32.8 Å². The number of halogens is 1. The number of rotatable bonds is 15. The van der Waals surface area contributed by atoms with E-state index in [-0.39, 0.29) is 13.2 Å². The minimum atomic E-state index is -0.829. The topological polar surface area (TPSA) is 134 Å². The van der Waals surface area contributed by atoms with Gasteiger partial charge in [-0.25, -0.2) is 0 Å². The van der Waals surface area contributed by atoms with E-state index in [2.05, 4.69) is 48.0 Å². The van der Waals surface area contributed by atoms with Gasteiger partial charge in [0.15, 0.2) is 0 Å². The van der Waals surface area contributed by atoms with Crippen LogP contribution in [-0.4, -0.2) is 70.7 Å². The Bertz CT molecular complexity index is 2020. The monoisotopic (exact) mass is 749 g/mol. The third-order valence-electron chi connectivity index (χ3n) is 11.3. The van der Waals surface area contributed by atoms with Gasteiger partial charge in [-0.05, 0) is 97.5 Å². The smallest absolute Gasteiger partial charge is 0.320 e. The quantitative estimate of drug-likeness (QED) is 0.121. The van der Waals surface area contributed by atoms with Crippen LogP contribution in [0.5, 0.6) is 17.2 Å². The van der Waals surface area contributed by atoms with E-state index in [1.807, 2.05) is 29.2 Å². The maximum Gasteiger partial charge on any atom is 0.320 e. The standard InChI is InChI=1S/C43H48ClN5O5/c1-27-31(8-5-9-33(27)34-10-6-12-39(28(34)2)52-15-7-13-48-23-35-36(24-48)42(35)46)26-54-41-18-40(53-25-30-16-29(19-45)20-47-21-30)32(17-37(41)44)22-49-14-4-3-11-38(49)43(50)51/h5-6,8-10,12,16-18,20-21,35-36,38,42H,3-4,7,11,13-15,22-26,46H2,1-2H3,(H,50,51)/t35?,36?,38-,42?/m0/s1. The van der Waals surface area contributed by atoms with E-state index in [1.165, 1.54) is 6.20 Å². The number of carboxylic acid groups (broad SMARTS) is 1. The first-order chi connectivity index (χ1) is 26.2. The number of aliphatic carboxylic acids is 1. The molecule has 3 N–H and O–H groups in total. The molecule has 7 rings (SSSR count). The highest BCUT2D eigenvalue weighted by atomic mass is 35.5. The molecule has 3 fully saturated rings. The molecular formula is C43H48ClN5O5. The number of nitrogens with zero attached hydrogens (tertiary/aromatic N) is 4. The van der Waals surface area contributed by atoms with E-state index in [9.17, 15) is 15.2 Å². The van der Waals surface area contributed by atoms with Gasteiger partial charge in [0.2, 0.25) is 0 Å². The molecule has 10 nitrogen and oxygen atoms in total. The number of carbonyl (C=O) groups is 1. The number of aromatic nitrogens is 1. The second-order valence-electron chi connectivity index (χ2n) is 14.9. The molecule has 0 radical (unpaired) electrons. The molecular weight excluding hydrogens is 702 g/mol. The van der Waals surface area contributed by atoms with Crippen LogP contribution in [-0.2, 0) is 24.6 Å². The van der Waals surface area contributed by atoms with Gasteiger partial charge >= 0.3 is 5.97 Å². The molecule has 282 valence electrons. The predicted molar refractivity (Wildman–Crippen MR) is 208 cm³/mol. The number of carboxylic acids is 1. The van der Waals surface area contributed by atoms with Gasteiger partial charge in [-0.2, -0.15) is 5.26 Å². The number of nitriles is 1. The highest BCUT2D eigenvalue weighted by Crippen LogP contribution is 2.43. The van der Waals surface area contributed by atoms with Crippen LogP contribution in [0.2, 0.25) is 5.02 Å². The molecule has 1 saturated carbocycles. The van der Waals surface area contributed by atoms with E-state index in [0.717, 1.165) is 83.6 Å². The minimum Gasteiger partial charge on any atom is -0.493 e. The Labute approximate surface area is 322 Å².